The van der Waals surface area contributed by atoms with Crippen molar-refractivity contribution in [3.63, 3.8) is 0 Å². The number of hydrogen-bond donors (Lipinski definition) is 0. The molecule has 1 atom stereocenters. The predicted molar refractivity (Wildman–Crippen MR) is 298 cm³/mol. The lowest BCUT2D eigenvalue weighted by molar-refractivity contribution is -0.167. The maximum absolute atomic E-state index is 12.9. The van der Waals surface area contributed by atoms with Crippen LogP contribution in [0.25, 0.3) is 0 Å². The van der Waals surface area contributed by atoms with Crippen molar-refractivity contribution < 1.29 is 28.6 Å². The molecule has 0 amide bonds. The van der Waals surface area contributed by atoms with Crippen molar-refractivity contribution in [3.05, 3.63) is 72.9 Å². The van der Waals surface area contributed by atoms with E-state index in [2.05, 4.69) is 93.7 Å². The van der Waals surface area contributed by atoms with Gasteiger partial charge in [0.1, 0.15) is 13.2 Å². The summed E-state index contributed by atoms with van der Waals surface area (Å²) in [5, 5.41) is 0. The lowest BCUT2D eigenvalue weighted by atomic mass is 10.1. The molecule has 0 saturated carbocycles. The summed E-state index contributed by atoms with van der Waals surface area (Å²) in [6, 6.07) is 0. The first-order valence-corrected chi connectivity index (χ1v) is 29.4. The number of hydrogen-bond acceptors (Lipinski definition) is 6. The second-order valence-electron chi connectivity index (χ2n) is 19.5. The number of esters is 3. The van der Waals surface area contributed by atoms with Gasteiger partial charge in [0, 0.05) is 19.3 Å². The van der Waals surface area contributed by atoms with Crippen molar-refractivity contribution in [2.45, 2.75) is 297 Å². The zero-order valence-electron chi connectivity index (χ0n) is 45.6. The molecule has 0 rings (SSSR count). The highest BCUT2D eigenvalue weighted by Gasteiger charge is 2.19. The van der Waals surface area contributed by atoms with Crippen molar-refractivity contribution >= 4 is 17.9 Å². The molecule has 69 heavy (non-hydrogen) atoms. The van der Waals surface area contributed by atoms with E-state index in [0.29, 0.717) is 19.3 Å². The molecule has 0 fully saturated rings. The quantitative estimate of drug-likeness (QED) is 0.0262. The SMILES string of the molecule is CCCC/C=C\C/C=C\CCCCCCCC(=O)OCC(COC(=O)CCCCCCCCCCC/C=C\C/C=C\CCCCC)OC(=O)CCCCCCCCC/C=C\C/C=C\CCCCCC. The number of allylic oxidation sites excluding steroid dienone is 12. The molecule has 0 radical (unpaired) electrons. The summed E-state index contributed by atoms with van der Waals surface area (Å²) in [7, 11) is 0. The van der Waals surface area contributed by atoms with Crippen LogP contribution in [0.4, 0.5) is 0 Å². The van der Waals surface area contributed by atoms with Gasteiger partial charge in [-0.3, -0.25) is 14.4 Å². The number of unbranched alkanes of at least 4 members (excludes halogenated alkanes) is 30. The average Bonchev–Trinajstić information content (AvgIpc) is 3.35. The maximum atomic E-state index is 12.9. The van der Waals surface area contributed by atoms with E-state index in [1.165, 1.54) is 154 Å². The minimum absolute atomic E-state index is 0.0849. The Kier molecular flexibility index (Phi) is 54.8. The standard InChI is InChI=1S/C63H110O6/c1-4-7-10-13-16-19-22-25-28-30-32-34-35-38-41-44-47-50-53-56-62(65)68-59-60(58-67-61(64)55-52-49-46-43-40-37-27-24-21-18-15-12-9-6-3)69-63(66)57-54-51-48-45-42-39-36-33-31-29-26-23-20-17-14-11-8-5-2/h15-16,18-20,23-25,27-29,31,60H,4-14,17,21-22,26,30,32-59H2,1-3H3/b18-15-,19-16-,23-20-,27-24-,28-25-,31-29-. The fraction of sp³-hybridized carbons (Fsp3) is 0.762. The molecule has 0 bridgehead atoms. The van der Waals surface area contributed by atoms with E-state index in [1.807, 2.05) is 0 Å². The molecule has 0 saturated heterocycles. The average molecular weight is 964 g/mol. The van der Waals surface area contributed by atoms with Gasteiger partial charge in [-0.05, 0) is 109 Å². The van der Waals surface area contributed by atoms with Gasteiger partial charge in [-0.25, -0.2) is 0 Å². The highest BCUT2D eigenvalue weighted by molar-refractivity contribution is 5.71. The van der Waals surface area contributed by atoms with Crippen LogP contribution in [0.2, 0.25) is 0 Å². The Morgan fingerprint density at radius 3 is 0.870 bits per heavy atom. The van der Waals surface area contributed by atoms with Gasteiger partial charge in [-0.1, -0.05) is 235 Å². The molecule has 0 aromatic carbocycles. The van der Waals surface area contributed by atoms with E-state index < -0.39 is 6.10 Å². The van der Waals surface area contributed by atoms with Gasteiger partial charge in [0.25, 0.3) is 0 Å². The Labute approximate surface area is 427 Å². The van der Waals surface area contributed by atoms with Crippen molar-refractivity contribution in [1.82, 2.24) is 0 Å². The largest absolute Gasteiger partial charge is 0.462 e. The van der Waals surface area contributed by atoms with Gasteiger partial charge in [0.2, 0.25) is 0 Å². The van der Waals surface area contributed by atoms with Gasteiger partial charge >= 0.3 is 17.9 Å². The van der Waals surface area contributed by atoms with Crippen LogP contribution in [0.1, 0.15) is 290 Å². The Morgan fingerprint density at radius 1 is 0.290 bits per heavy atom. The van der Waals surface area contributed by atoms with Crippen LogP contribution >= 0.6 is 0 Å². The van der Waals surface area contributed by atoms with Crippen LogP contribution in [0.3, 0.4) is 0 Å². The second-order valence-corrected chi connectivity index (χ2v) is 19.5. The molecule has 1 unspecified atom stereocenters. The van der Waals surface area contributed by atoms with E-state index in [-0.39, 0.29) is 31.1 Å². The third kappa shape index (κ3) is 55.6. The van der Waals surface area contributed by atoms with E-state index in [0.717, 1.165) is 96.3 Å². The Balaban J connectivity index is 4.40. The van der Waals surface area contributed by atoms with Crippen molar-refractivity contribution in [3.8, 4) is 0 Å². The van der Waals surface area contributed by atoms with Crippen LogP contribution in [0, 0.1) is 0 Å². The highest BCUT2D eigenvalue weighted by atomic mass is 16.6. The monoisotopic (exact) mass is 963 g/mol. The summed E-state index contributed by atoms with van der Waals surface area (Å²) >= 11 is 0. The molecule has 6 heteroatoms. The van der Waals surface area contributed by atoms with E-state index in [9.17, 15) is 14.4 Å². The van der Waals surface area contributed by atoms with E-state index >= 15 is 0 Å². The van der Waals surface area contributed by atoms with Crippen LogP contribution < -0.4 is 0 Å². The van der Waals surface area contributed by atoms with Crippen LogP contribution in [0.5, 0.6) is 0 Å². The highest BCUT2D eigenvalue weighted by Crippen LogP contribution is 2.15. The molecule has 0 aromatic rings. The summed E-state index contributed by atoms with van der Waals surface area (Å²) in [5.41, 5.74) is 0. The van der Waals surface area contributed by atoms with Gasteiger partial charge in [-0.15, -0.1) is 0 Å². The molecular formula is C63H110O6. The third-order valence-corrected chi connectivity index (χ3v) is 12.7. The number of carbonyl (C=O) groups excluding carboxylic acids is 3. The van der Waals surface area contributed by atoms with Crippen LogP contribution in [-0.4, -0.2) is 37.2 Å². The van der Waals surface area contributed by atoms with Crippen LogP contribution in [0.15, 0.2) is 72.9 Å². The van der Waals surface area contributed by atoms with Crippen molar-refractivity contribution in [1.29, 1.82) is 0 Å². The lowest BCUT2D eigenvalue weighted by Crippen LogP contribution is -2.30. The minimum atomic E-state index is -0.788. The van der Waals surface area contributed by atoms with Gasteiger partial charge in [0.05, 0.1) is 0 Å². The molecule has 0 heterocycles. The summed E-state index contributed by atoms with van der Waals surface area (Å²) in [5.74, 6) is -0.902. The molecular weight excluding hydrogens is 853 g/mol. The number of ether oxygens (including phenoxy) is 3. The summed E-state index contributed by atoms with van der Waals surface area (Å²) in [6.07, 6.45) is 73.1. The zero-order chi connectivity index (χ0) is 50.0. The first kappa shape index (κ1) is 65.8. The Bertz CT molecular complexity index is 1290. The zero-order valence-corrected chi connectivity index (χ0v) is 45.6. The number of rotatable bonds is 53. The smallest absolute Gasteiger partial charge is 0.306 e. The molecule has 0 aliphatic heterocycles. The van der Waals surface area contributed by atoms with Crippen molar-refractivity contribution in [2.75, 3.05) is 13.2 Å². The summed E-state index contributed by atoms with van der Waals surface area (Å²) in [6.45, 7) is 6.56. The van der Waals surface area contributed by atoms with E-state index in [4.69, 9.17) is 14.2 Å². The topological polar surface area (TPSA) is 78.9 Å². The molecule has 0 N–H and O–H groups in total. The molecule has 0 aliphatic carbocycles. The molecule has 0 aromatic heterocycles. The van der Waals surface area contributed by atoms with Crippen molar-refractivity contribution in [2.24, 2.45) is 0 Å². The first-order valence-electron chi connectivity index (χ1n) is 29.4. The minimum Gasteiger partial charge on any atom is -0.462 e. The fourth-order valence-corrected chi connectivity index (χ4v) is 8.17. The summed E-state index contributed by atoms with van der Waals surface area (Å²) < 4.78 is 16.9. The first-order chi connectivity index (χ1) is 34.0. The maximum Gasteiger partial charge on any atom is 0.306 e. The van der Waals surface area contributed by atoms with Crippen LogP contribution in [-0.2, 0) is 28.6 Å². The van der Waals surface area contributed by atoms with Gasteiger partial charge < -0.3 is 14.2 Å². The number of carbonyl (C=O) groups is 3. The normalized spacial score (nSPS) is 12.6. The molecule has 0 spiro atoms. The molecule has 6 nitrogen and oxygen atoms in total. The fourth-order valence-electron chi connectivity index (χ4n) is 8.17. The molecule has 398 valence electrons. The van der Waals surface area contributed by atoms with E-state index in [1.54, 1.807) is 0 Å². The van der Waals surface area contributed by atoms with Gasteiger partial charge in [-0.2, -0.15) is 0 Å². The summed E-state index contributed by atoms with van der Waals surface area (Å²) in [4.78, 5) is 38.2. The third-order valence-electron chi connectivity index (χ3n) is 12.7. The van der Waals surface area contributed by atoms with Gasteiger partial charge in [0.15, 0.2) is 6.10 Å². The predicted octanol–water partition coefficient (Wildman–Crippen LogP) is 19.8. The Hall–Kier alpha value is -3.15. The Morgan fingerprint density at radius 2 is 0.536 bits per heavy atom. The second kappa shape index (κ2) is 57.4. The lowest BCUT2D eigenvalue weighted by Gasteiger charge is -2.18. The molecule has 0 aliphatic rings.